The van der Waals surface area contributed by atoms with Crippen LogP contribution in [0.15, 0.2) is 36.4 Å². The number of nitrogens with zero attached hydrogens (tertiary/aromatic N) is 4. The van der Waals surface area contributed by atoms with Gasteiger partial charge in [0.15, 0.2) is 0 Å². The Morgan fingerprint density at radius 1 is 1.00 bits per heavy atom. The van der Waals surface area contributed by atoms with Crippen LogP contribution >= 0.6 is 0 Å². The molecule has 3 N–H and O–H groups in total. The average Bonchev–Trinajstić information content (AvgIpc) is 2.69. The van der Waals surface area contributed by atoms with E-state index in [-0.39, 0.29) is 0 Å². The van der Waals surface area contributed by atoms with Crippen LogP contribution < -0.4 is 16.0 Å². The maximum absolute atomic E-state index is 5.83. The quantitative estimate of drug-likeness (QED) is 0.754. The zero-order valence-corrected chi connectivity index (χ0v) is 15.1. The zero-order valence-electron chi connectivity index (χ0n) is 15.1. The van der Waals surface area contributed by atoms with Crippen molar-refractivity contribution >= 4 is 22.7 Å². The van der Waals surface area contributed by atoms with Gasteiger partial charge in [0.1, 0.15) is 5.52 Å². The zero-order chi connectivity index (χ0) is 17.9. The number of rotatable bonds is 4. The van der Waals surface area contributed by atoms with E-state index in [2.05, 4.69) is 51.4 Å². The van der Waals surface area contributed by atoms with E-state index in [9.17, 15) is 0 Å². The van der Waals surface area contributed by atoms with Crippen molar-refractivity contribution in [3.05, 3.63) is 42.1 Å². The molecule has 1 aliphatic heterocycles. The van der Waals surface area contributed by atoms with Gasteiger partial charge in [-0.05, 0) is 30.7 Å². The largest absolute Gasteiger partial charge is 0.369 e. The summed E-state index contributed by atoms with van der Waals surface area (Å²) in [7, 11) is 0. The summed E-state index contributed by atoms with van der Waals surface area (Å²) in [5.74, 6) is 0.316. The van der Waals surface area contributed by atoms with Crippen LogP contribution in [-0.4, -0.2) is 41.1 Å². The van der Waals surface area contributed by atoms with Crippen LogP contribution in [0.25, 0.3) is 22.3 Å². The number of hydrogen-bond donors (Lipinski definition) is 2. The fraction of sp³-hybridized carbons (Fsp3) is 0.350. The highest BCUT2D eigenvalue weighted by Gasteiger charge is 2.12. The van der Waals surface area contributed by atoms with Gasteiger partial charge in [0, 0.05) is 37.4 Å². The Morgan fingerprint density at radius 3 is 2.50 bits per heavy atom. The molecule has 0 spiro atoms. The van der Waals surface area contributed by atoms with Crippen molar-refractivity contribution in [2.24, 2.45) is 0 Å². The Hall–Kier alpha value is -2.73. The van der Waals surface area contributed by atoms with Gasteiger partial charge < -0.3 is 16.0 Å². The molecular formula is C20H24N6. The first-order valence-electron chi connectivity index (χ1n) is 9.24. The number of pyridine rings is 1. The minimum atomic E-state index is 0.316. The second kappa shape index (κ2) is 7.25. The average molecular weight is 348 g/mol. The first kappa shape index (κ1) is 16.7. The predicted molar refractivity (Wildman–Crippen MR) is 106 cm³/mol. The van der Waals surface area contributed by atoms with Gasteiger partial charge in [0.2, 0.25) is 5.95 Å². The second-order valence-electron chi connectivity index (χ2n) is 6.63. The summed E-state index contributed by atoms with van der Waals surface area (Å²) in [5, 5.41) is 3.39. The molecule has 134 valence electrons. The number of nitrogens with one attached hydrogen (secondary N) is 1. The molecule has 2 aromatic heterocycles. The first-order chi connectivity index (χ1) is 12.7. The fourth-order valence-electron chi connectivity index (χ4n) is 3.43. The summed E-state index contributed by atoms with van der Waals surface area (Å²) in [6.45, 7) is 6.30. The Morgan fingerprint density at radius 2 is 1.77 bits per heavy atom. The minimum Gasteiger partial charge on any atom is -0.369 e. The lowest BCUT2D eigenvalue weighted by Crippen LogP contribution is -2.43. The number of fused-ring (bicyclic) bond motifs is 1. The molecule has 0 saturated carbocycles. The van der Waals surface area contributed by atoms with Crippen LogP contribution in [0, 0.1) is 0 Å². The third-order valence-corrected chi connectivity index (χ3v) is 4.76. The third-order valence-electron chi connectivity index (χ3n) is 4.76. The molecule has 3 aromatic rings. The second-order valence-corrected chi connectivity index (χ2v) is 6.63. The molecule has 1 saturated heterocycles. The van der Waals surface area contributed by atoms with Gasteiger partial charge in [-0.3, -0.25) is 0 Å². The molecule has 0 bridgehead atoms. The molecule has 0 atom stereocenters. The van der Waals surface area contributed by atoms with Gasteiger partial charge in [-0.15, -0.1) is 0 Å². The molecule has 0 amide bonds. The van der Waals surface area contributed by atoms with E-state index < -0.39 is 0 Å². The van der Waals surface area contributed by atoms with E-state index in [1.165, 1.54) is 5.69 Å². The van der Waals surface area contributed by atoms with E-state index >= 15 is 0 Å². The lowest BCUT2D eigenvalue weighted by atomic mass is 10.1. The summed E-state index contributed by atoms with van der Waals surface area (Å²) in [6, 6.07) is 12.6. The van der Waals surface area contributed by atoms with Crippen molar-refractivity contribution in [3.8, 4) is 11.3 Å². The maximum Gasteiger partial charge on any atom is 0.220 e. The van der Waals surface area contributed by atoms with Crippen LogP contribution in [0.3, 0.4) is 0 Å². The van der Waals surface area contributed by atoms with E-state index in [0.717, 1.165) is 67.0 Å². The SMILES string of the molecule is CCCc1nc(N)nc2ccc(-c3ccc(N4CCNCC4)cc3)nc12. The summed E-state index contributed by atoms with van der Waals surface area (Å²) < 4.78 is 0. The lowest BCUT2D eigenvalue weighted by molar-refractivity contribution is 0.589. The molecule has 3 heterocycles. The Labute approximate surface area is 153 Å². The third kappa shape index (κ3) is 3.32. The molecule has 0 radical (unpaired) electrons. The number of nitrogen functional groups attached to an aromatic ring is 1. The van der Waals surface area contributed by atoms with Gasteiger partial charge in [0.05, 0.1) is 16.9 Å². The van der Waals surface area contributed by atoms with Crippen molar-refractivity contribution in [3.63, 3.8) is 0 Å². The number of aromatic nitrogens is 3. The Balaban J connectivity index is 1.67. The van der Waals surface area contributed by atoms with Crippen molar-refractivity contribution in [1.82, 2.24) is 20.3 Å². The van der Waals surface area contributed by atoms with Crippen molar-refractivity contribution in [2.75, 3.05) is 36.8 Å². The molecule has 1 aliphatic rings. The molecule has 1 fully saturated rings. The minimum absolute atomic E-state index is 0.316. The topological polar surface area (TPSA) is 80.0 Å². The van der Waals surface area contributed by atoms with Gasteiger partial charge in [-0.25, -0.2) is 15.0 Å². The van der Waals surface area contributed by atoms with Crippen LogP contribution in [0.5, 0.6) is 0 Å². The number of benzene rings is 1. The highest BCUT2D eigenvalue weighted by atomic mass is 15.2. The number of nitrogens with two attached hydrogens (primary N) is 1. The molecule has 1 aromatic carbocycles. The number of piperazine rings is 1. The predicted octanol–water partition coefficient (Wildman–Crippen LogP) is 2.64. The van der Waals surface area contributed by atoms with Crippen LogP contribution in [0.2, 0.25) is 0 Å². The van der Waals surface area contributed by atoms with Gasteiger partial charge in [0.25, 0.3) is 0 Å². The van der Waals surface area contributed by atoms with Crippen LogP contribution in [-0.2, 0) is 6.42 Å². The van der Waals surface area contributed by atoms with Gasteiger partial charge >= 0.3 is 0 Å². The molecule has 0 unspecified atom stereocenters. The smallest absolute Gasteiger partial charge is 0.220 e. The van der Waals surface area contributed by atoms with Crippen LogP contribution in [0.1, 0.15) is 19.0 Å². The van der Waals surface area contributed by atoms with E-state index in [1.807, 2.05) is 12.1 Å². The molecule has 0 aliphatic carbocycles. The Bertz CT molecular complexity index is 900. The molecule has 6 nitrogen and oxygen atoms in total. The first-order valence-corrected chi connectivity index (χ1v) is 9.24. The van der Waals surface area contributed by atoms with E-state index in [4.69, 9.17) is 10.7 Å². The molecular weight excluding hydrogens is 324 g/mol. The summed E-state index contributed by atoms with van der Waals surface area (Å²) >= 11 is 0. The molecule has 6 heteroatoms. The highest BCUT2D eigenvalue weighted by Crippen LogP contribution is 2.25. The Kier molecular flexibility index (Phi) is 4.67. The molecule has 26 heavy (non-hydrogen) atoms. The van der Waals surface area contributed by atoms with Gasteiger partial charge in [-0.2, -0.15) is 0 Å². The van der Waals surface area contributed by atoms with E-state index in [1.54, 1.807) is 0 Å². The lowest BCUT2D eigenvalue weighted by Gasteiger charge is -2.29. The van der Waals surface area contributed by atoms with Crippen molar-refractivity contribution in [1.29, 1.82) is 0 Å². The fourth-order valence-corrected chi connectivity index (χ4v) is 3.43. The number of anilines is 2. The summed E-state index contributed by atoms with van der Waals surface area (Å²) in [6.07, 6.45) is 1.85. The maximum atomic E-state index is 5.83. The summed E-state index contributed by atoms with van der Waals surface area (Å²) in [5.41, 5.74) is 11.7. The van der Waals surface area contributed by atoms with Gasteiger partial charge in [-0.1, -0.05) is 25.5 Å². The van der Waals surface area contributed by atoms with Crippen LogP contribution in [0.4, 0.5) is 11.6 Å². The summed E-state index contributed by atoms with van der Waals surface area (Å²) in [4.78, 5) is 16.0. The van der Waals surface area contributed by atoms with Crippen molar-refractivity contribution in [2.45, 2.75) is 19.8 Å². The highest BCUT2D eigenvalue weighted by molar-refractivity contribution is 5.81. The molecule has 4 rings (SSSR count). The normalized spacial score (nSPS) is 14.7. The van der Waals surface area contributed by atoms with Crippen molar-refractivity contribution < 1.29 is 0 Å². The standard InChI is InChI=1S/C20H24N6/c1-2-3-17-19-18(25-20(21)24-17)9-8-16(23-19)14-4-6-15(7-5-14)26-12-10-22-11-13-26/h4-9,22H,2-3,10-13H2,1H3,(H2,21,24,25). The monoisotopic (exact) mass is 348 g/mol. The van der Waals surface area contributed by atoms with E-state index in [0.29, 0.717) is 5.95 Å². The number of aryl methyl sites for hydroxylation is 1. The number of hydrogen-bond acceptors (Lipinski definition) is 6.